The Hall–Kier alpha value is -1.00. The van der Waals surface area contributed by atoms with Gasteiger partial charge in [-0.05, 0) is 29.8 Å². The van der Waals surface area contributed by atoms with Crippen molar-refractivity contribution in [1.29, 1.82) is 0 Å². The van der Waals surface area contributed by atoms with Crippen LogP contribution < -0.4 is 4.74 Å². The van der Waals surface area contributed by atoms with Crippen molar-refractivity contribution in [3.05, 3.63) is 29.0 Å². The molecule has 1 aromatic rings. The summed E-state index contributed by atoms with van der Waals surface area (Å²) in [6.45, 7) is 0.988. The average molecular weight is 278 g/mol. The van der Waals surface area contributed by atoms with Gasteiger partial charge in [0.15, 0.2) is 0 Å². The normalized spacial score (nSPS) is 19.5. The van der Waals surface area contributed by atoms with E-state index in [9.17, 15) is 9.18 Å². The number of likely N-dealkylation sites (tertiary alicyclic amines) is 1. The van der Waals surface area contributed by atoms with Gasteiger partial charge in [-0.2, -0.15) is 0 Å². The summed E-state index contributed by atoms with van der Waals surface area (Å²) >= 11 is 11.2. The molecule has 0 N–H and O–H groups in total. The zero-order valence-electron chi connectivity index (χ0n) is 8.83. The molecule has 0 aliphatic carbocycles. The standard InChI is InChI=1S/C11H10Cl2FNO2/c12-9-5-7(14)1-2-10(9)17-8-3-4-15(6-8)11(13)16/h1-2,5,8H,3-4,6H2. The molecule has 1 aromatic carbocycles. The van der Waals surface area contributed by atoms with Crippen LogP contribution >= 0.6 is 23.2 Å². The van der Waals surface area contributed by atoms with Crippen LogP contribution in [0.3, 0.4) is 0 Å². The largest absolute Gasteiger partial charge is 0.487 e. The van der Waals surface area contributed by atoms with Crippen LogP contribution in [-0.4, -0.2) is 29.5 Å². The van der Waals surface area contributed by atoms with Crippen LogP contribution in [0, 0.1) is 5.82 Å². The van der Waals surface area contributed by atoms with E-state index in [0.717, 1.165) is 0 Å². The third-order valence-electron chi connectivity index (χ3n) is 2.58. The van der Waals surface area contributed by atoms with Gasteiger partial charge in [0.25, 0.3) is 0 Å². The van der Waals surface area contributed by atoms with E-state index in [4.69, 9.17) is 27.9 Å². The predicted octanol–water partition coefficient (Wildman–Crippen LogP) is 3.29. The molecule has 1 saturated heterocycles. The van der Waals surface area contributed by atoms with Gasteiger partial charge >= 0.3 is 5.37 Å². The SMILES string of the molecule is O=C(Cl)N1CCC(Oc2ccc(F)cc2Cl)C1. The number of ether oxygens (including phenoxy) is 1. The van der Waals surface area contributed by atoms with Gasteiger partial charge in [0.05, 0.1) is 11.6 Å². The summed E-state index contributed by atoms with van der Waals surface area (Å²) in [5.41, 5.74) is 0. The van der Waals surface area contributed by atoms with Gasteiger partial charge in [-0.15, -0.1) is 0 Å². The number of hydrogen-bond donors (Lipinski definition) is 0. The zero-order valence-corrected chi connectivity index (χ0v) is 10.3. The van der Waals surface area contributed by atoms with Crippen LogP contribution in [-0.2, 0) is 0 Å². The molecular weight excluding hydrogens is 268 g/mol. The molecule has 1 unspecified atom stereocenters. The highest BCUT2D eigenvalue weighted by Crippen LogP contribution is 2.27. The number of rotatable bonds is 2. The second-order valence-electron chi connectivity index (χ2n) is 3.80. The summed E-state index contributed by atoms with van der Waals surface area (Å²) in [4.78, 5) is 12.4. The van der Waals surface area contributed by atoms with E-state index in [-0.39, 0.29) is 11.1 Å². The number of nitrogens with zero attached hydrogens (tertiary/aromatic N) is 1. The zero-order chi connectivity index (χ0) is 12.4. The van der Waals surface area contributed by atoms with E-state index in [2.05, 4.69) is 0 Å². The number of amides is 1. The van der Waals surface area contributed by atoms with Crippen molar-refractivity contribution in [3.63, 3.8) is 0 Å². The van der Waals surface area contributed by atoms with Crippen molar-refractivity contribution >= 4 is 28.6 Å². The maximum atomic E-state index is 12.8. The van der Waals surface area contributed by atoms with E-state index >= 15 is 0 Å². The molecule has 0 bridgehead atoms. The van der Waals surface area contributed by atoms with E-state index in [0.29, 0.717) is 25.3 Å². The first-order valence-corrected chi connectivity index (χ1v) is 5.88. The number of carbonyl (C=O) groups is 1. The highest BCUT2D eigenvalue weighted by atomic mass is 35.5. The summed E-state index contributed by atoms with van der Waals surface area (Å²) in [5, 5.41) is -0.262. The summed E-state index contributed by atoms with van der Waals surface area (Å²) in [7, 11) is 0. The van der Waals surface area contributed by atoms with Gasteiger partial charge in [0.1, 0.15) is 17.7 Å². The Kier molecular flexibility index (Phi) is 3.74. The second-order valence-corrected chi connectivity index (χ2v) is 4.53. The lowest BCUT2D eigenvalue weighted by Crippen LogP contribution is -2.26. The maximum Gasteiger partial charge on any atom is 0.316 e. The number of benzene rings is 1. The fourth-order valence-corrected chi connectivity index (χ4v) is 2.10. The Morgan fingerprint density at radius 3 is 2.88 bits per heavy atom. The molecule has 1 heterocycles. The molecule has 1 aliphatic rings. The Labute approximate surface area is 108 Å². The van der Waals surface area contributed by atoms with E-state index < -0.39 is 11.2 Å². The molecule has 2 rings (SSSR count). The van der Waals surface area contributed by atoms with Gasteiger partial charge in [-0.25, -0.2) is 4.39 Å². The highest BCUT2D eigenvalue weighted by molar-refractivity contribution is 6.62. The average Bonchev–Trinajstić information content (AvgIpc) is 2.71. The summed E-state index contributed by atoms with van der Waals surface area (Å²) in [6.07, 6.45) is 0.535. The minimum absolute atomic E-state index is 0.152. The molecule has 17 heavy (non-hydrogen) atoms. The molecule has 6 heteroatoms. The van der Waals surface area contributed by atoms with Crippen LogP contribution in [0.5, 0.6) is 5.75 Å². The van der Waals surface area contributed by atoms with Gasteiger partial charge in [-0.1, -0.05) is 11.6 Å². The van der Waals surface area contributed by atoms with Crippen LogP contribution in [0.2, 0.25) is 5.02 Å². The minimum atomic E-state index is -0.485. The third-order valence-corrected chi connectivity index (χ3v) is 3.12. The summed E-state index contributed by atoms with van der Waals surface area (Å²) < 4.78 is 18.4. The van der Waals surface area contributed by atoms with Crippen LogP contribution in [0.4, 0.5) is 9.18 Å². The Bertz CT molecular complexity index is 441. The highest BCUT2D eigenvalue weighted by Gasteiger charge is 2.27. The van der Waals surface area contributed by atoms with Gasteiger partial charge in [-0.3, -0.25) is 4.79 Å². The monoisotopic (exact) mass is 277 g/mol. The van der Waals surface area contributed by atoms with Gasteiger partial charge < -0.3 is 9.64 Å². The van der Waals surface area contributed by atoms with Crippen molar-refractivity contribution in [2.24, 2.45) is 0 Å². The summed E-state index contributed by atoms with van der Waals surface area (Å²) in [6, 6.07) is 3.94. The van der Waals surface area contributed by atoms with Crippen molar-refractivity contribution in [2.75, 3.05) is 13.1 Å². The molecule has 3 nitrogen and oxygen atoms in total. The van der Waals surface area contributed by atoms with E-state index in [1.165, 1.54) is 23.1 Å². The van der Waals surface area contributed by atoms with E-state index in [1.54, 1.807) is 0 Å². The Morgan fingerprint density at radius 2 is 2.29 bits per heavy atom. The molecule has 1 fully saturated rings. The van der Waals surface area contributed by atoms with Crippen molar-refractivity contribution in [3.8, 4) is 5.75 Å². The van der Waals surface area contributed by atoms with Crippen molar-refractivity contribution in [2.45, 2.75) is 12.5 Å². The first-order chi connectivity index (χ1) is 8.06. The first-order valence-electron chi connectivity index (χ1n) is 5.12. The lowest BCUT2D eigenvalue weighted by molar-refractivity contribution is 0.199. The molecule has 1 atom stereocenters. The number of carbonyl (C=O) groups excluding carboxylic acids is 1. The second kappa shape index (κ2) is 5.10. The van der Waals surface area contributed by atoms with Crippen molar-refractivity contribution < 1.29 is 13.9 Å². The molecule has 0 spiro atoms. The van der Waals surface area contributed by atoms with Crippen molar-refractivity contribution in [1.82, 2.24) is 4.90 Å². The topological polar surface area (TPSA) is 29.5 Å². The maximum absolute atomic E-state index is 12.8. The molecule has 0 radical (unpaired) electrons. The fraction of sp³-hybridized carbons (Fsp3) is 0.364. The molecule has 0 aromatic heterocycles. The lowest BCUT2D eigenvalue weighted by atomic mass is 10.3. The number of hydrogen-bond acceptors (Lipinski definition) is 2. The molecule has 92 valence electrons. The molecule has 0 saturated carbocycles. The van der Waals surface area contributed by atoms with Crippen LogP contribution in [0.15, 0.2) is 18.2 Å². The van der Waals surface area contributed by atoms with E-state index in [1.807, 2.05) is 0 Å². The summed E-state index contributed by atoms with van der Waals surface area (Å²) in [5.74, 6) is 0.00766. The third kappa shape index (κ3) is 3.01. The van der Waals surface area contributed by atoms with Crippen LogP contribution in [0.1, 0.15) is 6.42 Å². The molecule has 1 amide bonds. The number of halogens is 3. The fourth-order valence-electron chi connectivity index (χ4n) is 1.73. The minimum Gasteiger partial charge on any atom is -0.487 e. The lowest BCUT2D eigenvalue weighted by Gasteiger charge is -2.15. The molecule has 1 aliphatic heterocycles. The predicted molar refractivity (Wildman–Crippen MR) is 63.3 cm³/mol. The van der Waals surface area contributed by atoms with Crippen LogP contribution in [0.25, 0.3) is 0 Å². The molecular formula is C11H10Cl2FNO2. The van der Waals surface area contributed by atoms with Gasteiger partial charge in [0, 0.05) is 13.0 Å². The quantitative estimate of drug-likeness (QED) is 0.613. The smallest absolute Gasteiger partial charge is 0.316 e. The Morgan fingerprint density at radius 1 is 1.53 bits per heavy atom. The Balaban J connectivity index is 2.00. The first kappa shape index (κ1) is 12.5. The van der Waals surface area contributed by atoms with Gasteiger partial charge in [0.2, 0.25) is 0 Å².